The van der Waals surface area contributed by atoms with Gasteiger partial charge in [0, 0.05) is 5.56 Å². The summed E-state index contributed by atoms with van der Waals surface area (Å²) in [5.74, 6) is -0.350. The Balaban J connectivity index is 2.64. The Labute approximate surface area is 80.5 Å². The summed E-state index contributed by atoms with van der Waals surface area (Å²) in [6.45, 7) is 1.98. The lowest BCUT2D eigenvalue weighted by molar-refractivity contribution is -0.274. The summed E-state index contributed by atoms with van der Waals surface area (Å²) in [6, 6.07) is 7.72. The molecule has 0 heterocycles. The zero-order valence-corrected chi connectivity index (χ0v) is 7.61. The minimum absolute atomic E-state index is 0.350. The molecule has 0 aliphatic carbocycles. The van der Waals surface area contributed by atoms with Crippen molar-refractivity contribution in [2.75, 3.05) is 0 Å². The van der Waals surface area contributed by atoms with Crippen molar-refractivity contribution in [3.63, 3.8) is 0 Å². The van der Waals surface area contributed by atoms with Crippen LogP contribution in [0.25, 0.3) is 0 Å². The van der Waals surface area contributed by atoms with Gasteiger partial charge in [-0.15, -0.1) is 13.2 Å². The second-order valence-electron chi connectivity index (χ2n) is 2.77. The third kappa shape index (κ3) is 3.56. The molecule has 0 aliphatic heterocycles. The molecule has 1 aromatic rings. The highest BCUT2D eigenvalue weighted by molar-refractivity contribution is 5.20. The van der Waals surface area contributed by atoms with E-state index in [-0.39, 0.29) is 5.75 Å². The Morgan fingerprint density at radius 2 is 2.00 bits per heavy atom. The maximum Gasteiger partial charge on any atom is 0.573 e. The molecule has 0 aromatic heterocycles. The van der Waals surface area contributed by atoms with E-state index < -0.39 is 6.36 Å². The van der Waals surface area contributed by atoms with E-state index in [4.69, 9.17) is 0 Å². The quantitative estimate of drug-likeness (QED) is 0.731. The normalized spacial score (nSPS) is 10.9. The monoisotopic (exact) mass is 202 g/mol. The topological polar surface area (TPSA) is 9.23 Å². The molecule has 76 valence electrons. The fourth-order valence-electron chi connectivity index (χ4n) is 1.00. The van der Waals surface area contributed by atoms with E-state index in [1.165, 1.54) is 6.07 Å². The van der Waals surface area contributed by atoms with Crippen molar-refractivity contribution in [3.05, 3.63) is 29.8 Å². The third-order valence-corrected chi connectivity index (χ3v) is 1.53. The van der Waals surface area contributed by atoms with Crippen LogP contribution in [0.5, 0.6) is 5.75 Å². The Hall–Kier alpha value is -1.37. The van der Waals surface area contributed by atoms with Gasteiger partial charge in [-0.2, -0.15) is 0 Å². The van der Waals surface area contributed by atoms with E-state index in [2.05, 4.69) is 16.9 Å². The van der Waals surface area contributed by atoms with Gasteiger partial charge in [0.05, 0.1) is 0 Å². The number of hydrogen-bond donors (Lipinski definition) is 0. The first-order valence-electron chi connectivity index (χ1n) is 4.20. The highest BCUT2D eigenvalue weighted by atomic mass is 19.4. The van der Waals surface area contributed by atoms with Gasteiger partial charge in [0.15, 0.2) is 5.75 Å². The molecule has 14 heavy (non-hydrogen) atoms. The molecular formula is C10H9F3O. The van der Waals surface area contributed by atoms with Gasteiger partial charge in [-0.1, -0.05) is 19.4 Å². The zero-order valence-electron chi connectivity index (χ0n) is 7.61. The van der Waals surface area contributed by atoms with Crippen LogP contribution in [-0.2, 0) is 6.42 Å². The van der Waals surface area contributed by atoms with Crippen molar-refractivity contribution in [2.45, 2.75) is 26.1 Å². The van der Waals surface area contributed by atoms with Crippen molar-refractivity contribution in [3.8, 4) is 5.75 Å². The first kappa shape index (κ1) is 10.7. The second kappa shape index (κ2) is 4.23. The van der Waals surface area contributed by atoms with Crippen LogP contribution in [0.4, 0.5) is 13.2 Å². The van der Waals surface area contributed by atoms with Crippen LogP contribution in [0.2, 0.25) is 0 Å². The number of aryl methyl sites for hydroxylation is 1. The van der Waals surface area contributed by atoms with E-state index in [9.17, 15) is 13.2 Å². The molecular weight excluding hydrogens is 193 g/mol. The largest absolute Gasteiger partial charge is 0.573 e. The van der Waals surface area contributed by atoms with Gasteiger partial charge >= 0.3 is 6.36 Å². The standard InChI is InChI=1S/C10H9F3O/c1-2-3-8-4-6-9(7-5-8)14-10(11,12)13/h4,6H,2-3H2,1H3. The van der Waals surface area contributed by atoms with Gasteiger partial charge in [-0.05, 0) is 24.6 Å². The summed E-state index contributed by atoms with van der Waals surface area (Å²) in [6.07, 6.45) is -2.96. The van der Waals surface area contributed by atoms with Crippen molar-refractivity contribution in [2.24, 2.45) is 0 Å². The van der Waals surface area contributed by atoms with Gasteiger partial charge in [-0.3, -0.25) is 0 Å². The number of ether oxygens (including phenoxy) is 1. The summed E-state index contributed by atoms with van der Waals surface area (Å²) >= 11 is 0. The molecule has 0 spiro atoms. The minimum Gasteiger partial charge on any atom is -0.397 e. The summed E-state index contributed by atoms with van der Waals surface area (Å²) in [5, 5.41) is 0. The first-order valence-corrected chi connectivity index (χ1v) is 4.20. The van der Waals surface area contributed by atoms with Crippen LogP contribution in [0, 0.1) is 12.1 Å². The lowest BCUT2D eigenvalue weighted by Gasteiger charge is -2.06. The van der Waals surface area contributed by atoms with Gasteiger partial charge in [0.2, 0.25) is 0 Å². The molecule has 0 fully saturated rings. The van der Waals surface area contributed by atoms with Gasteiger partial charge < -0.3 is 4.74 Å². The van der Waals surface area contributed by atoms with Crippen molar-refractivity contribution in [1.82, 2.24) is 0 Å². The molecule has 1 nitrogen and oxygen atoms in total. The van der Waals surface area contributed by atoms with E-state index in [0.29, 0.717) is 0 Å². The van der Waals surface area contributed by atoms with Crippen LogP contribution < -0.4 is 4.74 Å². The van der Waals surface area contributed by atoms with Crippen LogP contribution in [0.1, 0.15) is 18.9 Å². The molecule has 0 radical (unpaired) electrons. The summed E-state index contributed by atoms with van der Waals surface area (Å²) in [5.41, 5.74) is 0.835. The predicted octanol–water partition coefficient (Wildman–Crippen LogP) is 3.14. The van der Waals surface area contributed by atoms with Crippen LogP contribution in [0.15, 0.2) is 12.1 Å². The van der Waals surface area contributed by atoms with Crippen molar-refractivity contribution < 1.29 is 17.9 Å². The lowest BCUT2D eigenvalue weighted by atomic mass is 10.1. The Bertz CT molecular complexity index is 276. The Kier molecular flexibility index (Phi) is 3.23. The average molecular weight is 202 g/mol. The smallest absolute Gasteiger partial charge is 0.397 e. The van der Waals surface area contributed by atoms with E-state index >= 15 is 0 Å². The minimum atomic E-state index is -4.66. The highest BCUT2D eigenvalue weighted by Gasteiger charge is 2.31. The Morgan fingerprint density at radius 3 is 2.43 bits per heavy atom. The van der Waals surface area contributed by atoms with Crippen LogP contribution in [-0.4, -0.2) is 6.36 Å². The van der Waals surface area contributed by atoms with Crippen molar-refractivity contribution >= 4 is 0 Å². The first-order chi connectivity index (χ1) is 6.51. The predicted molar refractivity (Wildman–Crippen MR) is 44.8 cm³/mol. The summed E-state index contributed by atoms with van der Waals surface area (Å²) < 4.78 is 38.8. The molecule has 4 heteroatoms. The highest BCUT2D eigenvalue weighted by Crippen LogP contribution is 2.20. The molecule has 1 aromatic carbocycles. The van der Waals surface area contributed by atoms with Gasteiger partial charge in [0.25, 0.3) is 0 Å². The Morgan fingerprint density at radius 1 is 1.29 bits per heavy atom. The summed E-state index contributed by atoms with van der Waals surface area (Å²) in [7, 11) is 0. The molecule has 0 saturated heterocycles. The van der Waals surface area contributed by atoms with E-state index in [1.807, 2.05) is 6.92 Å². The van der Waals surface area contributed by atoms with Gasteiger partial charge in [-0.25, -0.2) is 0 Å². The van der Waals surface area contributed by atoms with Gasteiger partial charge in [0.1, 0.15) is 0 Å². The summed E-state index contributed by atoms with van der Waals surface area (Å²) in [4.78, 5) is 0. The molecule has 0 N–H and O–H groups in total. The molecule has 0 bridgehead atoms. The zero-order chi connectivity index (χ0) is 10.6. The maximum atomic E-state index is 11.7. The van der Waals surface area contributed by atoms with Crippen molar-refractivity contribution in [1.29, 1.82) is 0 Å². The van der Waals surface area contributed by atoms with Crippen LogP contribution in [0.3, 0.4) is 0 Å². The molecule has 1 rings (SSSR count). The molecule has 0 unspecified atom stereocenters. The fourth-order valence-corrected chi connectivity index (χ4v) is 1.00. The molecule has 0 atom stereocenters. The molecule has 0 amide bonds. The third-order valence-electron chi connectivity index (χ3n) is 1.53. The SMILES string of the molecule is CCCc1c#cc(OC(F)(F)F)cc1. The number of hydrogen-bond acceptors (Lipinski definition) is 1. The second-order valence-corrected chi connectivity index (χ2v) is 2.77. The van der Waals surface area contributed by atoms with E-state index in [0.717, 1.165) is 18.4 Å². The fraction of sp³-hybridized carbons (Fsp3) is 0.400. The van der Waals surface area contributed by atoms with E-state index in [1.54, 1.807) is 6.07 Å². The number of halogens is 3. The number of alkyl halides is 3. The van der Waals surface area contributed by atoms with Crippen LogP contribution >= 0.6 is 0 Å². The average Bonchev–Trinajstić information content (AvgIpc) is 2.06. The lowest BCUT2D eigenvalue weighted by Crippen LogP contribution is -2.16. The maximum absolute atomic E-state index is 11.7. The number of rotatable bonds is 3. The molecule has 0 aliphatic rings. The molecule has 0 saturated carbocycles.